The third kappa shape index (κ3) is 10.4. The normalized spacial score (nSPS) is 14.0. The minimum atomic E-state index is -0.884. The number of benzene rings is 2. The number of hydrogen-bond acceptors (Lipinski definition) is 7. The van der Waals surface area contributed by atoms with Gasteiger partial charge in [0.15, 0.2) is 11.6 Å². The highest BCUT2D eigenvalue weighted by Crippen LogP contribution is 2.30. The molecule has 0 aromatic heterocycles. The Bertz CT molecular complexity index is 1400. The van der Waals surface area contributed by atoms with Crippen LogP contribution in [-0.2, 0) is 20.7 Å². The van der Waals surface area contributed by atoms with E-state index in [1.54, 1.807) is 65.8 Å². The van der Waals surface area contributed by atoms with Crippen LogP contribution in [-0.4, -0.2) is 60.0 Å². The van der Waals surface area contributed by atoms with Crippen molar-refractivity contribution in [1.29, 1.82) is 0 Å². The van der Waals surface area contributed by atoms with Gasteiger partial charge in [-0.3, -0.25) is 14.4 Å². The lowest BCUT2D eigenvalue weighted by atomic mass is 9.81. The Morgan fingerprint density at radius 3 is 1.77 bits per heavy atom. The van der Waals surface area contributed by atoms with Crippen LogP contribution in [0.5, 0.6) is 0 Å². The van der Waals surface area contributed by atoms with E-state index >= 15 is 0 Å². The predicted molar refractivity (Wildman–Crippen MR) is 167 cm³/mol. The van der Waals surface area contributed by atoms with Crippen molar-refractivity contribution in [2.45, 2.75) is 84.5 Å². The number of nitrogens with one attached hydrogen (secondary N) is 3. The summed E-state index contributed by atoms with van der Waals surface area (Å²) in [5.41, 5.74) is 0.837. The smallest absolute Gasteiger partial charge is 0.408 e. The summed E-state index contributed by atoms with van der Waals surface area (Å²) in [5.74, 6) is -0.895. The number of amides is 3. The third-order valence-electron chi connectivity index (χ3n) is 6.56. The number of fused-ring (bicyclic) bond motifs is 1. The fourth-order valence-corrected chi connectivity index (χ4v) is 4.72. The number of alkyl carbamates (subject to hydrolysis) is 2. The lowest BCUT2D eigenvalue weighted by molar-refractivity contribution is -0.123. The molecule has 0 aliphatic heterocycles. The first kappa shape index (κ1) is 34.0. The van der Waals surface area contributed by atoms with Crippen LogP contribution in [0.3, 0.4) is 0 Å². The maximum absolute atomic E-state index is 13.5. The number of ether oxygens (including phenoxy) is 2. The molecule has 0 bridgehead atoms. The topological polar surface area (TPSA) is 140 Å². The molecule has 0 heterocycles. The van der Waals surface area contributed by atoms with Crippen molar-refractivity contribution in [1.82, 2.24) is 16.0 Å². The Morgan fingerprint density at radius 2 is 1.20 bits per heavy atom. The van der Waals surface area contributed by atoms with Crippen LogP contribution in [0, 0.1) is 0 Å². The van der Waals surface area contributed by atoms with Gasteiger partial charge >= 0.3 is 12.2 Å². The summed E-state index contributed by atoms with van der Waals surface area (Å²) in [5, 5.41) is 8.16. The van der Waals surface area contributed by atoms with Crippen molar-refractivity contribution in [3.8, 4) is 0 Å². The molecule has 3 N–H and O–H groups in total. The van der Waals surface area contributed by atoms with Crippen molar-refractivity contribution in [3.05, 3.63) is 82.4 Å². The molecule has 0 fully saturated rings. The molecule has 44 heavy (non-hydrogen) atoms. The molecule has 10 heteroatoms. The van der Waals surface area contributed by atoms with Crippen LogP contribution in [0.15, 0.2) is 65.7 Å². The van der Waals surface area contributed by atoms with E-state index in [9.17, 15) is 24.0 Å². The van der Waals surface area contributed by atoms with Crippen molar-refractivity contribution in [2.24, 2.45) is 0 Å². The van der Waals surface area contributed by atoms with Crippen LogP contribution < -0.4 is 16.0 Å². The monoisotopic (exact) mass is 605 g/mol. The lowest BCUT2D eigenvalue weighted by Crippen LogP contribution is -2.49. The Morgan fingerprint density at radius 1 is 0.682 bits per heavy atom. The quantitative estimate of drug-likeness (QED) is 0.295. The first-order valence-electron chi connectivity index (χ1n) is 14.8. The van der Waals surface area contributed by atoms with Gasteiger partial charge in [0.25, 0.3) is 0 Å². The second kappa shape index (κ2) is 14.8. The van der Waals surface area contributed by atoms with Crippen LogP contribution in [0.2, 0.25) is 0 Å². The van der Waals surface area contributed by atoms with Crippen LogP contribution in [0.4, 0.5) is 9.59 Å². The third-order valence-corrected chi connectivity index (χ3v) is 6.56. The number of carbonyl (C=O) groups is 5. The molecule has 2 aromatic carbocycles. The molecule has 10 nitrogen and oxygen atoms in total. The van der Waals surface area contributed by atoms with Crippen molar-refractivity contribution in [2.75, 3.05) is 13.1 Å². The van der Waals surface area contributed by atoms with E-state index in [4.69, 9.17) is 9.47 Å². The van der Waals surface area contributed by atoms with Gasteiger partial charge in [-0.25, -0.2) is 9.59 Å². The van der Waals surface area contributed by atoms with Gasteiger partial charge in [0.2, 0.25) is 5.91 Å². The zero-order chi connectivity index (χ0) is 32.5. The van der Waals surface area contributed by atoms with Gasteiger partial charge in [-0.05, 0) is 66.4 Å². The molecule has 3 amide bonds. The zero-order valence-corrected chi connectivity index (χ0v) is 26.4. The number of rotatable bonds is 11. The molecule has 1 atom stereocenters. The largest absolute Gasteiger partial charge is 0.444 e. The van der Waals surface area contributed by atoms with Crippen LogP contribution >= 0.6 is 0 Å². The molecule has 1 aliphatic rings. The van der Waals surface area contributed by atoms with Crippen LogP contribution in [0.25, 0.3) is 0 Å². The Hall–Kier alpha value is -4.47. The summed E-state index contributed by atoms with van der Waals surface area (Å²) in [6.45, 7) is 10.8. The average molecular weight is 606 g/mol. The SMILES string of the molecule is CC(C)(C)OC(=O)NCCC1=C(CCCNC(=O)[C@H](Cc2ccccc2)NC(=O)OC(C)(C)C)C(=O)c2ccccc2C1=O. The van der Waals surface area contributed by atoms with Gasteiger partial charge < -0.3 is 25.4 Å². The zero-order valence-electron chi connectivity index (χ0n) is 26.4. The van der Waals surface area contributed by atoms with E-state index < -0.39 is 35.3 Å². The lowest BCUT2D eigenvalue weighted by Gasteiger charge is -2.24. The number of Topliss-reactive ketones (excluding diaryl/α,β-unsaturated/α-hetero) is 2. The molecule has 0 saturated carbocycles. The first-order valence-corrected chi connectivity index (χ1v) is 14.8. The van der Waals surface area contributed by atoms with Gasteiger partial charge in [0, 0.05) is 41.8 Å². The highest BCUT2D eigenvalue weighted by Gasteiger charge is 2.31. The van der Waals surface area contributed by atoms with Gasteiger partial charge in [0.05, 0.1) is 0 Å². The summed E-state index contributed by atoms with van der Waals surface area (Å²) in [6.07, 6.45) is -0.288. The minimum Gasteiger partial charge on any atom is -0.444 e. The number of allylic oxidation sites excluding steroid dienone is 1. The molecule has 0 saturated heterocycles. The average Bonchev–Trinajstić information content (AvgIpc) is 2.93. The fourth-order valence-electron chi connectivity index (χ4n) is 4.72. The van der Waals surface area contributed by atoms with E-state index in [1.165, 1.54) is 0 Å². The molecular formula is C34H43N3O7. The fraction of sp³-hybridized carbons (Fsp3) is 0.441. The highest BCUT2D eigenvalue weighted by molar-refractivity contribution is 6.26. The summed E-state index contributed by atoms with van der Waals surface area (Å²) < 4.78 is 10.6. The molecule has 0 radical (unpaired) electrons. The predicted octanol–water partition coefficient (Wildman–Crippen LogP) is 5.31. The maximum atomic E-state index is 13.5. The van der Waals surface area contributed by atoms with Gasteiger partial charge in [-0.2, -0.15) is 0 Å². The van der Waals surface area contributed by atoms with Crippen LogP contribution in [0.1, 0.15) is 87.1 Å². The van der Waals surface area contributed by atoms with E-state index in [1.807, 2.05) is 30.3 Å². The Balaban J connectivity index is 1.68. The highest BCUT2D eigenvalue weighted by atomic mass is 16.6. The first-order chi connectivity index (χ1) is 20.6. The van der Waals surface area contributed by atoms with Gasteiger partial charge in [0.1, 0.15) is 17.2 Å². The maximum Gasteiger partial charge on any atom is 0.408 e. The van der Waals surface area contributed by atoms with E-state index in [0.29, 0.717) is 28.7 Å². The molecule has 0 unspecified atom stereocenters. The van der Waals surface area contributed by atoms with Crippen molar-refractivity contribution >= 4 is 29.7 Å². The van der Waals surface area contributed by atoms with E-state index in [0.717, 1.165) is 5.56 Å². The Labute approximate surface area is 259 Å². The summed E-state index contributed by atoms with van der Waals surface area (Å²) in [7, 11) is 0. The number of carbonyl (C=O) groups excluding carboxylic acids is 5. The Kier molecular flexibility index (Phi) is 11.5. The standard InChI is InChI=1S/C34H43N3O7/c1-33(2,3)43-31(41)36-20-18-26-25(28(38)23-15-10-11-16-24(23)29(26)39)17-12-19-35-30(40)27(21-22-13-8-7-9-14-22)37-32(42)44-34(4,5)6/h7-11,13-16,27H,12,17-21H2,1-6H3,(H,35,40)(H,36,41)(H,37,42)/t27-/m0/s1. The minimum absolute atomic E-state index is 0.114. The number of ketones is 2. The second-order valence-corrected chi connectivity index (χ2v) is 12.6. The van der Waals surface area contributed by atoms with Gasteiger partial charge in [-0.15, -0.1) is 0 Å². The summed E-state index contributed by atoms with van der Waals surface area (Å²) >= 11 is 0. The molecule has 236 valence electrons. The van der Waals surface area contributed by atoms with E-state index in [2.05, 4.69) is 16.0 Å². The van der Waals surface area contributed by atoms with Crippen molar-refractivity contribution in [3.63, 3.8) is 0 Å². The molecular weight excluding hydrogens is 562 g/mol. The van der Waals surface area contributed by atoms with Crippen molar-refractivity contribution < 1.29 is 33.4 Å². The van der Waals surface area contributed by atoms with Gasteiger partial charge in [-0.1, -0.05) is 54.6 Å². The number of hydrogen-bond donors (Lipinski definition) is 3. The molecule has 2 aromatic rings. The van der Waals surface area contributed by atoms with E-state index in [-0.39, 0.29) is 43.9 Å². The molecule has 3 rings (SSSR count). The second-order valence-electron chi connectivity index (χ2n) is 12.6. The molecule has 0 spiro atoms. The summed E-state index contributed by atoms with van der Waals surface area (Å²) in [6, 6.07) is 15.1. The summed E-state index contributed by atoms with van der Waals surface area (Å²) in [4.78, 5) is 64.7. The molecule has 1 aliphatic carbocycles.